The highest BCUT2D eigenvalue weighted by Gasteiger charge is 1.81. The van der Waals surface area contributed by atoms with Crippen LogP contribution >= 0.6 is 0 Å². The van der Waals surface area contributed by atoms with Crippen LogP contribution in [-0.2, 0) is 0 Å². The van der Waals surface area contributed by atoms with Crippen LogP contribution in [0.25, 0.3) is 0 Å². The van der Waals surface area contributed by atoms with E-state index in [-0.39, 0.29) is 0 Å². The quantitative estimate of drug-likeness (QED) is 0.489. The summed E-state index contributed by atoms with van der Waals surface area (Å²) >= 11 is 0. The molecule has 0 aromatic heterocycles. The molecule has 0 atom stereocenters. The molecule has 1 aliphatic rings. The van der Waals surface area contributed by atoms with Crippen molar-refractivity contribution in [2.24, 2.45) is 0 Å². The van der Waals surface area contributed by atoms with Crippen molar-refractivity contribution in [2.75, 3.05) is 0 Å². The third-order valence-electron chi connectivity index (χ3n) is 2.23. The van der Waals surface area contributed by atoms with E-state index < -0.39 is 0 Å². The SMILES string of the molecule is C1=CCCC/C=C\C=C\CC/C=C\C1. The molecule has 0 amide bonds. The molecule has 0 unspecified atom stereocenters. The van der Waals surface area contributed by atoms with Crippen molar-refractivity contribution in [3.05, 3.63) is 48.6 Å². The first kappa shape index (κ1) is 11.0. The van der Waals surface area contributed by atoms with Crippen LogP contribution < -0.4 is 0 Å². The van der Waals surface area contributed by atoms with Crippen molar-refractivity contribution in [3.8, 4) is 0 Å². The summed E-state index contributed by atoms with van der Waals surface area (Å²) in [4.78, 5) is 0. The highest BCUT2D eigenvalue weighted by atomic mass is 13.9. The molecule has 0 heteroatoms. The lowest BCUT2D eigenvalue weighted by Crippen LogP contribution is -1.70. The van der Waals surface area contributed by atoms with Crippen LogP contribution in [0.2, 0.25) is 0 Å². The molecule has 0 aromatic rings. The Morgan fingerprint density at radius 3 is 1.93 bits per heavy atom. The third-order valence-corrected chi connectivity index (χ3v) is 2.23. The summed E-state index contributed by atoms with van der Waals surface area (Å²) in [6.45, 7) is 0. The average molecular weight is 188 g/mol. The normalized spacial score (nSPS) is 26.3. The van der Waals surface area contributed by atoms with Crippen molar-refractivity contribution in [1.82, 2.24) is 0 Å². The molecule has 0 N–H and O–H groups in total. The highest BCUT2D eigenvalue weighted by molar-refractivity contribution is 5.03. The maximum Gasteiger partial charge on any atom is -0.0169 e. The number of allylic oxidation sites excluding steroid dienone is 8. The van der Waals surface area contributed by atoms with E-state index in [1.807, 2.05) is 0 Å². The van der Waals surface area contributed by atoms with Gasteiger partial charge in [-0.2, -0.15) is 0 Å². The van der Waals surface area contributed by atoms with Gasteiger partial charge in [0.1, 0.15) is 0 Å². The van der Waals surface area contributed by atoms with E-state index in [9.17, 15) is 0 Å². The van der Waals surface area contributed by atoms with Crippen LogP contribution in [0.15, 0.2) is 48.6 Å². The zero-order valence-electron chi connectivity index (χ0n) is 8.86. The Labute approximate surface area is 87.7 Å². The second kappa shape index (κ2) is 8.55. The van der Waals surface area contributed by atoms with Gasteiger partial charge in [0, 0.05) is 0 Å². The van der Waals surface area contributed by atoms with Crippen LogP contribution in [0.1, 0.15) is 38.5 Å². The maximum atomic E-state index is 2.29. The molecular weight excluding hydrogens is 168 g/mol. The fourth-order valence-corrected chi connectivity index (χ4v) is 1.40. The van der Waals surface area contributed by atoms with E-state index in [1.165, 1.54) is 19.3 Å². The van der Waals surface area contributed by atoms with Crippen molar-refractivity contribution in [1.29, 1.82) is 0 Å². The largest absolute Gasteiger partial charge is 0.0882 e. The summed E-state index contributed by atoms with van der Waals surface area (Å²) in [7, 11) is 0. The molecule has 0 aliphatic heterocycles. The Morgan fingerprint density at radius 1 is 0.500 bits per heavy atom. The van der Waals surface area contributed by atoms with Crippen molar-refractivity contribution >= 4 is 0 Å². The predicted octanol–water partition coefficient (Wildman–Crippen LogP) is 4.57. The molecule has 0 aromatic carbocycles. The topological polar surface area (TPSA) is 0 Å². The predicted molar refractivity (Wildman–Crippen MR) is 64.3 cm³/mol. The fourth-order valence-electron chi connectivity index (χ4n) is 1.40. The molecule has 0 saturated heterocycles. The standard InChI is InChI=1S/C14H20/c1-2-4-6-8-10-12-14-13-11-9-7-5-3-1/h1-4,9,11-12,14H,5-8,10,13H2/b3-1+,4-2-,11-9-,14-12?. The van der Waals surface area contributed by atoms with Crippen molar-refractivity contribution in [2.45, 2.75) is 38.5 Å². The van der Waals surface area contributed by atoms with Crippen LogP contribution in [-0.4, -0.2) is 0 Å². The first-order valence-corrected chi connectivity index (χ1v) is 5.62. The molecule has 0 fully saturated rings. The van der Waals surface area contributed by atoms with Crippen LogP contribution in [0.4, 0.5) is 0 Å². The lowest BCUT2D eigenvalue weighted by molar-refractivity contribution is 0.865. The molecule has 0 radical (unpaired) electrons. The van der Waals surface area contributed by atoms with Gasteiger partial charge >= 0.3 is 0 Å². The van der Waals surface area contributed by atoms with E-state index >= 15 is 0 Å². The molecule has 76 valence electrons. The minimum absolute atomic E-state index is 1.10. The first-order valence-electron chi connectivity index (χ1n) is 5.62. The molecule has 1 aliphatic carbocycles. The van der Waals surface area contributed by atoms with Crippen LogP contribution in [0.5, 0.6) is 0 Å². The lowest BCUT2D eigenvalue weighted by Gasteiger charge is -1.91. The summed E-state index contributed by atoms with van der Waals surface area (Å²) in [5, 5.41) is 0. The molecule has 1 rings (SSSR count). The smallest absolute Gasteiger partial charge is 0.0169 e. The molecule has 0 bridgehead atoms. The van der Waals surface area contributed by atoms with Gasteiger partial charge in [-0.05, 0) is 38.5 Å². The van der Waals surface area contributed by atoms with E-state index in [0.717, 1.165) is 19.3 Å². The van der Waals surface area contributed by atoms with Gasteiger partial charge in [-0.3, -0.25) is 0 Å². The lowest BCUT2D eigenvalue weighted by atomic mass is 10.2. The molecule has 0 nitrogen and oxygen atoms in total. The van der Waals surface area contributed by atoms with Gasteiger partial charge in [-0.25, -0.2) is 0 Å². The van der Waals surface area contributed by atoms with Gasteiger partial charge in [-0.1, -0.05) is 48.6 Å². The Morgan fingerprint density at radius 2 is 1.07 bits per heavy atom. The summed E-state index contributed by atoms with van der Waals surface area (Å²) < 4.78 is 0. The van der Waals surface area contributed by atoms with E-state index in [0.29, 0.717) is 0 Å². The minimum atomic E-state index is 1.10. The first-order chi connectivity index (χ1) is 7.00. The zero-order chi connectivity index (χ0) is 9.90. The maximum absolute atomic E-state index is 2.29. The fraction of sp³-hybridized carbons (Fsp3) is 0.429. The Kier molecular flexibility index (Phi) is 6.74. The van der Waals surface area contributed by atoms with Gasteiger partial charge in [0.15, 0.2) is 0 Å². The van der Waals surface area contributed by atoms with Gasteiger partial charge in [0.25, 0.3) is 0 Å². The zero-order valence-corrected chi connectivity index (χ0v) is 8.86. The second-order valence-corrected chi connectivity index (χ2v) is 3.54. The number of rotatable bonds is 0. The molecule has 0 spiro atoms. The molecule has 14 heavy (non-hydrogen) atoms. The Balaban J connectivity index is 2.34. The van der Waals surface area contributed by atoms with E-state index in [2.05, 4.69) is 48.6 Å². The molecular formula is C14H20. The summed E-state index contributed by atoms with van der Waals surface area (Å²) in [5.41, 5.74) is 0. The molecule has 0 heterocycles. The van der Waals surface area contributed by atoms with E-state index in [4.69, 9.17) is 0 Å². The van der Waals surface area contributed by atoms with Crippen LogP contribution in [0, 0.1) is 0 Å². The molecule has 0 saturated carbocycles. The summed E-state index contributed by atoms with van der Waals surface area (Å²) in [5.74, 6) is 0. The average Bonchev–Trinajstić information content (AvgIpc) is 2.22. The summed E-state index contributed by atoms with van der Waals surface area (Å²) in [6.07, 6.45) is 25.0. The minimum Gasteiger partial charge on any atom is -0.0882 e. The number of hydrogen-bond acceptors (Lipinski definition) is 0. The second-order valence-electron chi connectivity index (χ2n) is 3.54. The van der Waals surface area contributed by atoms with Gasteiger partial charge in [0.2, 0.25) is 0 Å². The number of hydrogen-bond donors (Lipinski definition) is 0. The van der Waals surface area contributed by atoms with E-state index in [1.54, 1.807) is 0 Å². The van der Waals surface area contributed by atoms with Crippen molar-refractivity contribution < 1.29 is 0 Å². The Bertz CT molecular complexity index is 228. The third kappa shape index (κ3) is 6.47. The highest BCUT2D eigenvalue weighted by Crippen LogP contribution is 2.01. The Hall–Kier alpha value is -1.04. The van der Waals surface area contributed by atoms with Gasteiger partial charge in [-0.15, -0.1) is 0 Å². The summed E-state index contributed by atoms with van der Waals surface area (Å²) in [6, 6.07) is 0. The van der Waals surface area contributed by atoms with Crippen LogP contribution in [0.3, 0.4) is 0 Å². The van der Waals surface area contributed by atoms with Gasteiger partial charge in [0.05, 0.1) is 0 Å². The van der Waals surface area contributed by atoms with Gasteiger partial charge < -0.3 is 0 Å². The monoisotopic (exact) mass is 188 g/mol. The van der Waals surface area contributed by atoms with Crippen molar-refractivity contribution in [3.63, 3.8) is 0 Å².